The van der Waals surface area contributed by atoms with Gasteiger partial charge in [0.05, 0.1) is 4.92 Å². The molecule has 1 heterocycles. The fourth-order valence-corrected chi connectivity index (χ4v) is 1.68. The van der Waals surface area contributed by atoms with Crippen molar-refractivity contribution in [1.82, 2.24) is 4.98 Å². The summed E-state index contributed by atoms with van der Waals surface area (Å²) < 4.78 is 0. The van der Waals surface area contributed by atoms with Gasteiger partial charge in [-0.25, -0.2) is 0 Å². The predicted molar refractivity (Wildman–Crippen MR) is 72.8 cm³/mol. The Morgan fingerprint density at radius 2 is 2.10 bits per heavy atom. The molecule has 0 fully saturated rings. The number of aryl methyl sites for hydroxylation is 1. The highest BCUT2D eigenvalue weighted by molar-refractivity contribution is 6.04. The molecule has 0 spiro atoms. The SMILES string of the molecule is Cc1ccc(NC(=O)c2c[nH]ccc2=O)cc1[N+](=O)[O-]. The summed E-state index contributed by atoms with van der Waals surface area (Å²) in [5.41, 5.74) is 0.171. The normalized spacial score (nSPS) is 10.1. The van der Waals surface area contributed by atoms with E-state index >= 15 is 0 Å². The number of rotatable bonds is 3. The first-order valence-corrected chi connectivity index (χ1v) is 5.72. The first-order chi connectivity index (χ1) is 9.49. The third-order valence-corrected chi connectivity index (χ3v) is 2.73. The van der Waals surface area contributed by atoms with Crippen LogP contribution in [0.4, 0.5) is 11.4 Å². The molecule has 2 N–H and O–H groups in total. The number of hydrogen-bond donors (Lipinski definition) is 2. The van der Waals surface area contributed by atoms with Crippen molar-refractivity contribution in [3.05, 3.63) is 68.1 Å². The van der Waals surface area contributed by atoms with Crippen LogP contribution in [0.15, 0.2) is 41.5 Å². The number of amides is 1. The molecular formula is C13H11N3O4. The molecule has 0 atom stereocenters. The van der Waals surface area contributed by atoms with Crippen LogP contribution < -0.4 is 10.7 Å². The summed E-state index contributed by atoms with van der Waals surface area (Å²) in [4.78, 5) is 36.3. The Bertz CT molecular complexity index is 736. The molecule has 0 saturated carbocycles. The van der Waals surface area contributed by atoms with Gasteiger partial charge in [-0.1, -0.05) is 6.07 Å². The summed E-state index contributed by atoms with van der Waals surface area (Å²) in [5, 5.41) is 13.3. The Labute approximate surface area is 113 Å². The van der Waals surface area contributed by atoms with E-state index in [2.05, 4.69) is 10.3 Å². The number of aromatic amines is 1. The molecule has 1 amide bonds. The highest BCUT2D eigenvalue weighted by atomic mass is 16.6. The number of carbonyl (C=O) groups excluding carboxylic acids is 1. The molecule has 2 rings (SSSR count). The zero-order valence-corrected chi connectivity index (χ0v) is 10.5. The van der Waals surface area contributed by atoms with Crippen LogP contribution in [0, 0.1) is 17.0 Å². The second-order valence-corrected chi connectivity index (χ2v) is 4.13. The maximum Gasteiger partial charge on any atom is 0.274 e. The lowest BCUT2D eigenvalue weighted by Gasteiger charge is -2.05. The number of anilines is 1. The van der Waals surface area contributed by atoms with Crippen molar-refractivity contribution in [2.75, 3.05) is 5.32 Å². The molecule has 7 heteroatoms. The first-order valence-electron chi connectivity index (χ1n) is 5.72. The van der Waals surface area contributed by atoms with Gasteiger partial charge in [0, 0.05) is 35.8 Å². The number of nitrogens with zero attached hydrogens (tertiary/aromatic N) is 1. The van der Waals surface area contributed by atoms with Crippen LogP contribution in [-0.2, 0) is 0 Å². The van der Waals surface area contributed by atoms with Gasteiger partial charge < -0.3 is 10.3 Å². The maximum absolute atomic E-state index is 11.9. The third-order valence-electron chi connectivity index (χ3n) is 2.73. The van der Waals surface area contributed by atoms with E-state index in [9.17, 15) is 19.7 Å². The molecule has 0 aliphatic carbocycles. The minimum Gasteiger partial charge on any atom is -0.367 e. The average molecular weight is 273 g/mol. The van der Waals surface area contributed by atoms with Gasteiger partial charge in [0.25, 0.3) is 11.6 Å². The molecule has 0 bridgehead atoms. The summed E-state index contributed by atoms with van der Waals surface area (Å²) in [5.74, 6) is -0.620. The van der Waals surface area contributed by atoms with Crippen molar-refractivity contribution in [1.29, 1.82) is 0 Å². The Kier molecular flexibility index (Phi) is 3.60. The molecule has 1 aromatic heterocycles. The van der Waals surface area contributed by atoms with Gasteiger partial charge in [0.1, 0.15) is 5.56 Å². The molecule has 102 valence electrons. The Hall–Kier alpha value is -2.96. The number of aromatic nitrogens is 1. The second kappa shape index (κ2) is 5.35. The van der Waals surface area contributed by atoms with E-state index in [0.29, 0.717) is 5.56 Å². The molecular weight excluding hydrogens is 262 g/mol. The van der Waals surface area contributed by atoms with Crippen LogP contribution in [-0.4, -0.2) is 15.8 Å². The van der Waals surface area contributed by atoms with Crippen molar-refractivity contribution in [2.24, 2.45) is 0 Å². The lowest BCUT2D eigenvalue weighted by Crippen LogP contribution is -2.20. The zero-order chi connectivity index (χ0) is 14.7. The van der Waals surface area contributed by atoms with Crippen LogP contribution in [0.25, 0.3) is 0 Å². The van der Waals surface area contributed by atoms with Gasteiger partial charge in [-0.15, -0.1) is 0 Å². The first kappa shape index (κ1) is 13.5. The minimum atomic E-state index is -0.620. The van der Waals surface area contributed by atoms with Crippen molar-refractivity contribution in [3.8, 4) is 0 Å². The number of nitrogens with one attached hydrogen (secondary N) is 2. The van der Waals surface area contributed by atoms with E-state index < -0.39 is 16.3 Å². The largest absolute Gasteiger partial charge is 0.367 e. The molecule has 7 nitrogen and oxygen atoms in total. The number of carbonyl (C=O) groups is 1. The van der Waals surface area contributed by atoms with Gasteiger partial charge in [0.2, 0.25) is 0 Å². The molecule has 0 aliphatic heterocycles. The van der Waals surface area contributed by atoms with Crippen LogP contribution >= 0.6 is 0 Å². The van der Waals surface area contributed by atoms with Crippen molar-refractivity contribution < 1.29 is 9.72 Å². The maximum atomic E-state index is 11.9. The molecule has 0 unspecified atom stereocenters. The summed E-state index contributed by atoms with van der Waals surface area (Å²) in [7, 11) is 0. The summed E-state index contributed by atoms with van der Waals surface area (Å²) in [6.07, 6.45) is 2.69. The topological polar surface area (TPSA) is 105 Å². The third kappa shape index (κ3) is 2.72. The Morgan fingerprint density at radius 3 is 2.75 bits per heavy atom. The second-order valence-electron chi connectivity index (χ2n) is 4.13. The van der Waals surface area contributed by atoms with E-state index in [-0.39, 0.29) is 16.9 Å². The molecule has 1 aromatic carbocycles. The van der Waals surface area contributed by atoms with Gasteiger partial charge in [-0.05, 0) is 13.0 Å². The fourth-order valence-electron chi connectivity index (χ4n) is 1.68. The molecule has 0 saturated heterocycles. The van der Waals surface area contributed by atoms with Crippen molar-refractivity contribution in [2.45, 2.75) is 6.92 Å². The van der Waals surface area contributed by atoms with Crippen LogP contribution in [0.1, 0.15) is 15.9 Å². The number of pyridine rings is 1. The Morgan fingerprint density at radius 1 is 1.35 bits per heavy atom. The fraction of sp³-hybridized carbons (Fsp3) is 0.0769. The van der Waals surface area contributed by atoms with Gasteiger partial charge in [-0.3, -0.25) is 19.7 Å². The highest BCUT2D eigenvalue weighted by Gasteiger charge is 2.14. The van der Waals surface area contributed by atoms with Crippen molar-refractivity contribution in [3.63, 3.8) is 0 Å². The van der Waals surface area contributed by atoms with Crippen LogP contribution in [0.3, 0.4) is 0 Å². The van der Waals surface area contributed by atoms with E-state index in [0.717, 1.165) is 0 Å². The van der Waals surface area contributed by atoms with E-state index in [1.54, 1.807) is 6.92 Å². The van der Waals surface area contributed by atoms with Crippen LogP contribution in [0.5, 0.6) is 0 Å². The predicted octanol–water partition coefficient (Wildman–Crippen LogP) is 1.84. The van der Waals surface area contributed by atoms with Crippen molar-refractivity contribution >= 4 is 17.3 Å². The quantitative estimate of drug-likeness (QED) is 0.657. The number of hydrogen-bond acceptors (Lipinski definition) is 4. The summed E-state index contributed by atoms with van der Waals surface area (Å²) >= 11 is 0. The number of nitro benzene ring substituents is 1. The summed E-state index contributed by atoms with van der Waals surface area (Å²) in [6.45, 7) is 1.60. The standard InChI is InChI=1S/C13H11N3O4/c1-8-2-3-9(6-11(8)16(19)20)15-13(18)10-7-14-5-4-12(10)17/h2-7H,1H3,(H,14,17)(H,15,18). The number of nitro groups is 1. The van der Waals surface area contributed by atoms with Gasteiger partial charge in [0.15, 0.2) is 5.43 Å². The van der Waals surface area contributed by atoms with Gasteiger partial charge >= 0.3 is 0 Å². The number of H-pyrrole nitrogens is 1. The van der Waals surface area contributed by atoms with Gasteiger partial charge in [-0.2, -0.15) is 0 Å². The lowest BCUT2D eigenvalue weighted by atomic mass is 10.1. The average Bonchev–Trinajstić information content (AvgIpc) is 2.41. The molecule has 20 heavy (non-hydrogen) atoms. The highest BCUT2D eigenvalue weighted by Crippen LogP contribution is 2.22. The minimum absolute atomic E-state index is 0.0595. The van der Waals surface area contributed by atoms with Crippen LogP contribution in [0.2, 0.25) is 0 Å². The van der Waals surface area contributed by atoms with E-state index in [1.807, 2.05) is 0 Å². The Balaban J connectivity index is 2.29. The zero-order valence-electron chi connectivity index (χ0n) is 10.5. The van der Waals surface area contributed by atoms with E-state index in [4.69, 9.17) is 0 Å². The smallest absolute Gasteiger partial charge is 0.274 e. The number of benzene rings is 1. The molecule has 0 aliphatic rings. The summed E-state index contributed by atoms with van der Waals surface area (Å²) in [6, 6.07) is 5.55. The monoisotopic (exact) mass is 273 g/mol. The van der Waals surface area contributed by atoms with E-state index in [1.165, 1.54) is 36.7 Å². The molecule has 0 radical (unpaired) electrons. The molecule has 2 aromatic rings. The lowest BCUT2D eigenvalue weighted by molar-refractivity contribution is -0.385.